The largest absolute Gasteiger partial charge is 0.508 e. The number of guanidine groups is 1. The Bertz CT molecular complexity index is 784. The van der Waals surface area contributed by atoms with Crippen molar-refractivity contribution in [2.24, 2.45) is 4.99 Å². The standard InChI is InChI=1S/C20H25ClN4O2.HI/c1-3-22-20(25-14(2)16-5-4-6-17(21)13-16)24-12-11-23-19(27)15-7-9-18(26)10-8-15;/h4-10,13-14,26H,3,11-12H2,1-2H3,(H,23,27)(H2,22,24,25);1H. The maximum absolute atomic E-state index is 12.0. The van der Waals surface area contributed by atoms with Gasteiger partial charge >= 0.3 is 0 Å². The molecule has 0 aromatic heterocycles. The SMILES string of the molecule is CCNC(=NCCNC(=O)c1ccc(O)cc1)NC(C)c1cccc(Cl)c1.I. The highest BCUT2D eigenvalue weighted by Crippen LogP contribution is 2.17. The number of rotatable bonds is 7. The first-order chi connectivity index (χ1) is 13.0. The van der Waals surface area contributed by atoms with Gasteiger partial charge in [0.15, 0.2) is 5.96 Å². The Labute approximate surface area is 187 Å². The zero-order chi connectivity index (χ0) is 19.6. The number of aliphatic imine (C=N–C) groups is 1. The van der Waals surface area contributed by atoms with Gasteiger partial charge in [-0.15, -0.1) is 24.0 Å². The van der Waals surface area contributed by atoms with Crippen LogP contribution in [-0.2, 0) is 0 Å². The molecule has 152 valence electrons. The third kappa shape index (κ3) is 7.93. The van der Waals surface area contributed by atoms with E-state index in [2.05, 4.69) is 20.9 Å². The van der Waals surface area contributed by atoms with Crippen LogP contribution < -0.4 is 16.0 Å². The van der Waals surface area contributed by atoms with Crippen LogP contribution in [0.1, 0.15) is 35.8 Å². The molecule has 0 aliphatic carbocycles. The summed E-state index contributed by atoms with van der Waals surface area (Å²) in [6.45, 7) is 5.59. The lowest BCUT2D eigenvalue weighted by molar-refractivity contribution is 0.0955. The van der Waals surface area contributed by atoms with Crippen LogP contribution >= 0.6 is 35.6 Å². The molecule has 0 spiro atoms. The minimum atomic E-state index is -0.199. The molecule has 0 bridgehead atoms. The Morgan fingerprint density at radius 1 is 1.18 bits per heavy atom. The fourth-order valence-corrected chi connectivity index (χ4v) is 2.64. The van der Waals surface area contributed by atoms with Gasteiger partial charge in [-0.2, -0.15) is 0 Å². The molecule has 28 heavy (non-hydrogen) atoms. The van der Waals surface area contributed by atoms with Gasteiger partial charge in [-0.05, 0) is 55.8 Å². The van der Waals surface area contributed by atoms with Crippen molar-refractivity contribution in [3.63, 3.8) is 0 Å². The smallest absolute Gasteiger partial charge is 0.251 e. The molecule has 0 saturated carbocycles. The topological polar surface area (TPSA) is 85.8 Å². The summed E-state index contributed by atoms with van der Waals surface area (Å²) in [4.78, 5) is 16.5. The van der Waals surface area contributed by atoms with Gasteiger partial charge in [0.1, 0.15) is 5.75 Å². The number of nitrogens with zero attached hydrogens (tertiary/aromatic N) is 1. The van der Waals surface area contributed by atoms with Crippen molar-refractivity contribution in [2.45, 2.75) is 19.9 Å². The van der Waals surface area contributed by atoms with Crippen LogP contribution in [0.15, 0.2) is 53.5 Å². The lowest BCUT2D eigenvalue weighted by Crippen LogP contribution is -2.39. The molecule has 0 heterocycles. The average molecular weight is 517 g/mol. The fourth-order valence-electron chi connectivity index (χ4n) is 2.44. The molecule has 2 rings (SSSR count). The van der Waals surface area contributed by atoms with E-state index in [9.17, 15) is 9.90 Å². The molecule has 1 atom stereocenters. The first-order valence-corrected chi connectivity index (χ1v) is 9.25. The summed E-state index contributed by atoms with van der Waals surface area (Å²) in [7, 11) is 0. The molecule has 0 saturated heterocycles. The summed E-state index contributed by atoms with van der Waals surface area (Å²) >= 11 is 6.05. The summed E-state index contributed by atoms with van der Waals surface area (Å²) in [6, 6.07) is 13.8. The minimum Gasteiger partial charge on any atom is -0.508 e. The zero-order valence-corrected chi connectivity index (χ0v) is 19.0. The highest BCUT2D eigenvalue weighted by atomic mass is 127. The molecular formula is C20H26ClIN4O2. The van der Waals surface area contributed by atoms with Crippen molar-refractivity contribution in [3.8, 4) is 5.75 Å². The number of nitrogens with one attached hydrogen (secondary N) is 3. The van der Waals surface area contributed by atoms with E-state index in [4.69, 9.17) is 11.6 Å². The van der Waals surface area contributed by atoms with Crippen molar-refractivity contribution in [2.75, 3.05) is 19.6 Å². The van der Waals surface area contributed by atoms with Crippen LogP contribution in [-0.4, -0.2) is 36.6 Å². The lowest BCUT2D eigenvalue weighted by atomic mass is 10.1. The van der Waals surface area contributed by atoms with Crippen molar-refractivity contribution in [1.82, 2.24) is 16.0 Å². The number of hydrogen-bond donors (Lipinski definition) is 4. The number of halogens is 2. The number of benzene rings is 2. The first kappa shape index (κ1) is 24.0. The normalized spacial score (nSPS) is 11.9. The third-order valence-electron chi connectivity index (χ3n) is 3.84. The predicted molar refractivity (Wildman–Crippen MR) is 125 cm³/mol. The highest BCUT2D eigenvalue weighted by Gasteiger charge is 2.08. The van der Waals surface area contributed by atoms with Crippen LogP contribution in [0, 0.1) is 0 Å². The lowest BCUT2D eigenvalue weighted by Gasteiger charge is -2.18. The Morgan fingerprint density at radius 3 is 2.54 bits per heavy atom. The van der Waals surface area contributed by atoms with E-state index in [1.165, 1.54) is 12.1 Å². The summed E-state index contributed by atoms with van der Waals surface area (Å²) < 4.78 is 0. The summed E-state index contributed by atoms with van der Waals surface area (Å²) in [5.41, 5.74) is 1.56. The number of hydrogen-bond acceptors (Lipinski definition) is 3. The molecule has 0 aliphatic rings. The highest BCUT2D eigenvalue weighted by molar-refractivity contribution is 14.0. The number of phenols is 1. The number of aromatic hydroxyl groups is 1. The quantitative estimate of drug-likeness (QED) is 0.196. The second kappa shape index (κ2) is 12.5. The summed E-state index contributed by atoms with van der Waals surface area (Å²) in [6.07, 6.45) is 0. The molecule has 0 aliphatic heterocycles. The molecule has 2 aromatic rings. The zero-order valence-electron chi connectivity index (χ0n) is 15.9. The Kier molecular flexibility index (Phi) is 10.7. The average Bonchev–Trinajstić information content (AvgIpc) is 2.65. The van der Waals surface area contributed by atoms with Gasteiger partial charge in [0, 0.05) is 23.7 Å². The van der Waals surface area contributed by atoms with E-state index < -0.39 is 0 Å². The Hall–Kier alpha value is -2.00. The van der Waals surface area contributed by atoms with Crippen LogP contribution in [0.25, 0.3) is 0 Å². The number of amides is 1. The summed E-state index contributed by atoms with van der Waals surface area (Å²) in [5, 5.41) is 19.3. The maximum Gasteiger partial charge on any atom is 0.251 e. The van der Waals surface area contributed by atoms with E-state index in [1.54, 1.807) is 12.1 Å². The molecule has 8 heteroatoms. The van der Waals surface area contributed by atoms with Gasteiger partial charge in [0.05, 0.1) is 12.6 Å². The molecule has 2 aromatic carbocycles. The van der Waals surface area contributed by atoms with Gasteiger partial charge in [-0.25, -0.2) is 0 Å². The fraction of sp³-hybridized carbons (Fsp3) is 0.300. The van der Waals surface area contributed by atoms with Crippen molar-refractivity contribution in [3.05, 3.63) is 64.7 Å². The number of carbonyl (C=O) groups is 1. The number of phenolic OH excluding ortho intramolecular Hbond substituents is 1. The van der Waals surface area contributed by atoms with E-state index in [-0.39, 0.29) is 41.7 Å². The van der Waals surface area contributed by atoms with Crippen molar-refractivity contribution in [1.29, 1.82) is 0 Å². The first-order valence-electron chi connectivity index (χ1n) is 8.87. The second-order valence-corrected chi connectivity index (χ2v) is 6.42. The Balaban J connectivity index is 0.00000392. The van der Waals surface area contributed by atoms with E-state index >= 15 is 0 Å². The van der Waals surface area contributed by atoms with Gasteiger partial charge in [0.2, 0.25) is 0 Å². The minimum absolute atomic E-state index is 0. The second-order valence-electron chi connectivity index (χ2n) is 5.98. The number of carbonyl (C=O) groups excluding carboxylic acids is 1. The maximum atomic E-state index is 12.0. The van der Waals surface area contributed by atoms with Crippen molar-refractivity contribution >= 4 is 47.4 Å². The van der Waals surface area contributed by atoms with Crippen LogP contribution in [0.3, 0.4) is 0 Å². The van der Waals surface area contributed by atoms with Crippen molar-refractivity contribution < 1.29 is 9.90 Å². The van der Waals surface area contributed by atoms with E-state index in [1.807, 2.05) is 38.1 Å². The van der Waals surface area contributed by atoms with Crippen LogP contribution in [0.2, 0.25) is 5.02 Å². The molecule has 4 N–H and O–H groups in total. The van der Waals surface area contributed by atoms with Gasteiger partial charge in [-0.1, -0.05) is 23.7 Å². The van der Waals surface area contributed by atoms with Gasteiger partial charge in [0.25, 0.3) is 5.91 Å². The van der Waals surface area contributed by atoms with Crippen LogP contribution in [0.4, 0.5) is 0 Å². The van der Waals surface area contributed by atoms with E-state index in [0.717, 1.165) is 12.1 Å². The van der Waals surface area contributed by atoms with Gasteiger partial charge in [-0.3, -0.25) is 9.79 Å². The third-order valence-corrected chi connectivity index (χ3v) is 4.08. The molecular weight excluding hydrogens is 491 g/mol. The summed E-state index contributed by atoms with van der Waals surface area (Å²) in [5.74, 6) is 0.602. The molecule has 6 nitrogen and oxygen atoms in total. The van der Waals surface area contributed by atoms with Gasteiger partial charge < -0.3 is 21.1 Å². The monoisotopic (exact) mass is 516 g/mol. The molecule has 1 unspecified atom stereocenters. The van der Waals surface area contributed by atoms with Crippen LogP contribution in [0.5, 0.6) is 5.75 Å². The molecule has 1 amide bonds. The molecule has 0 radical (unpaired) electrons. The van der Waals surface area contributed by atoms with E-state index in [0.29, 0.717) is 29.6 Å². The molecule has 0 fully saturated rings. The predicted octanol–water partition coefficient (Wildman–Crippen LogP) is 3.71. The Morgan fingerprint density at radius 2 is 1.89 bits per heavy atom.